The fourth-order valence-corrected chi connectivity index (χ4v) is 0.648. The Hall–Kier alpha value is -0.740. The number of allylic oxidation sites excluding steroid dienone is 1. The zero-order chi connectivity index (χ0) is 6.91. The highest BCUT2D eigenvalue weighted by Gasteiger charge is 2.19. The molecule has 1 rings (SSSR count). The molecule has 0 radical (unpaired) electrons. The predicted molar refractivity (Wildman–Crippen MR) is 34.3 cm³/mol. The summed E-state index contributed by atoms with van der Waals surface area (Å²) in [5.41, 5.74) is 11.6. The molecule has 0 saturated heterocycles. The molecule has 0 aromatic carbocycles. The smallest absolute Gasteiger partial charge is 0.201 e. The first-order chi connectivity index (χ1) is 4.14. The molecule has 4 nitrogen and oxygen atoms in total. The van der Waals surface area contributed by atoms with Crippen molar-refractivity contribution in [3.8, 4) is 0 Å². The first-order valence-corrected chi connectivity index (χ1v) is 2.86. The number of hydrogen-bond acceptors (Lipinski definition) is 4. The molecule has 0 unspecified atom stereocenters. The van der Waals surface area contributed by atoms with Gasteiger partial charge >= 0.3 is 0 Å². The number of nitrogens with zero attached hydrogens (tertiary/aromatic N) is 2. The Bertz CT molecular complexity index is 168. The van der Waals surface area contributed by atoms with Gasteiger partial charge in [-0.3, -0.25) is 11.5 Å². The minimum Gasteiger partial charge on any atom is -0.290 e. The highest BCUT2D eigenvalue weighted by molar-refractivity contribution is 5.12. The summed E-state index contributed by atoms with van der Waals surface area (Å²) < 4.78 is 0. The van der Waals surface area contributed by atoms with E-state index in [9.17, 15) is 0 Å². The van der Waals surface area contributed by atoms with Crippen LogP contribution in [-0.2, 0) is 0 Å². The van der Waals surface area contributed by atoms with Crippen LogP contribution in [0.1, 0.15) is 13.3 Å². The molecule has 0 spiro atoms. The van der Waals surface area contributed by atoms with Gasteiger partial charge in [-0.2, -0.15) is 5.11 Å². The van der Waals surface area contributed by atoms with Crippen molar-refractivity contribution in [3.63, 3.8) is 0 Å². The van der Waals surface area contributed by atoms with E-state index < -0.39 is 5.79 Å². The Morgan fingerprint density at radius 3 is 2.56 bits per heavy atom. The van der Waals surface area contributed by atoms with Gasteiger partial charge in [-0.1, -0.05) is 6.92 Å². The molecule has 0 bridgehead atoms. The van der Waals surface area contributed by atoms with E-state index in [1.807, 2.05) is 6.92 Å². The van der Waals surface area contributed by atoms with Crippen molar-refractivity contribution in [2.75, 3.05) is 0 Å². The molecule has 0 aliphatic carbocycles. The van der Waals surface area contributed by atoms with Crippen LogP contribution < -0.4 is 11.5 Å². The van der Waals surface area contributed by atoms with E-state index in [0.29, 0.717) is 0 Å². The third kappa shape index (κ3) is 1.34. The Morgan fingerprint density at radius 2 is 2.33 bits per heavy atom. The second-order valence-corrected chi connectivity index (χ2v) is 2.08. The van der Waals surface area contributed by atoms with Crippen molar-refractivity contribution in [1.82, 2.24) is 0 Å². The van der Waals surface area contributed by atoms with E-state index in [1.54, 1.807) is 6.08 Å². The Morgan fingerprint density at radius 1 is 1.67 bits per heavy atom. The summed E-state index contributed by atoms with van der Waals surface area (Å²) in [6.07, 6.45) is 2.49. The van der Waals surface area contributed by atoms with E-state index >= 15 is 0 Å². The van der Waals surface area contributed by atoms with E-state index in [2.05, 4.69) is 10.2 Å². The minimum absolute atomic E-state index is 0.833. The summed E-state index contributed by atoms with van der Waals surface area (Å²) in [6.45, 7) is 1.98. The highest BCUT2D eigenvalue weighted by atomic mass is 15.3. The summed E-state index contributed by atoms with van der Waals surface area (Å²) in [7, 11) is 0. The standard InChI is InChI=1S/C5H10N4/c1-2-4-3-5(6,7)9-8-4/h3H,2,6-7H2,1H3. The van der Waals surface area contributed by atoms with Gasteiger partial charge in [0.1, 0.15) is 0 Å². The first kappa shape index (κ1) is 6.38. The Labute approximate surface area is 53.6 Å². The summed E-state index contributed by atoms with van der Waals surface area (Å²) in [5.74, 6) is -1.04. The van der Waals surface area contributed by atoms with Gasteiger partial charge in [0.2, 0.25) is 5.79 Å². The topological polar surface area (TPSA) is 76.8 Å². The van der Waals surface area contributed by atoms with Crippen LogP contribution in [0.2, 0.25) is 0 Å². The lowest BCUT2D eigenvalue weighted by atomic mass is 10.3. The number of nitrogens with two attached hydrogens (primary N) is 2. The number of rotatable bonds is 1. The van der Waals surface area contributed by atoms with Gasteiger partial charge in [-0.15, -0.1) is 5.11 Å². The average Bonchev–Trinajstić information content (AvgIpc) is 2.10. The van der Waals surface area contributed by atoms with Gasteiger partial charge in [-0.25, -0.2) is 0 Å². The quantitative estimate of drug-likeness (QED) is 0.496. The zero-order valence-corrected chi connectivity index (χ0v) is 5.33. The zero-order valence-electron chi connectivity index (χ0n) is 5.33. The predicted octanol–water partition coefficient (Wildman–Crippen LogP) is 0.317. The van der Waals surface area contributed by atoms with E-state index in [1.165, 1.54) is 0 Å². The Kier molecular flexibility index (Phi) is 1.34. The molecule has 0 atom stereocenters. The molecule has 1 heterocycles. The maximum absolute atomic E-state index is 5.38. The lowest BCUT2D eigenvalue weighted by molar-refractivity contribution is 0.576. The Balaban J connectivity index is 2.74. The van der Waals surface area contributed by atoms with Crippen LogP contribution >= 0.6 is 0 Å². The second kappa shape index (κ2) is 1.89. The molecule has 9 heavy (non-hydrogen) atoms. The molecule has 0 amide bonds. The molecule has 50 valence electrons. The fourth-order valence-electron chi connectivity index (χ4n) is 0.648. The van der Waals surface area contributed by atoms with E-state index in [0.717, 1.165) is 12.1 Å². The molecule has 0 fully saturated rings. The molecule has 1 aliphatic rings. The molecular formula is C5H10N4. The van der Waals surface area contributed by atoms with Gasteiger partial charge in [0, 0.05) is 0 Å². The number of azo groups is 1. The normalized spacial score (nSPS) is 22.3. The van der Waals surface area contributed by atoms with Crippen LogP contribution in [-0.4, -0.2) is 5.79 Å². The largest absolute Gasteiger partial charge is 0.290 e. The van der Waals surface area contributed by atoms with Crippen LogP contribution in [0.15, 0.2) is 22.0 Å². The van der Waals surface area contributed by atoms with Crippen molar-refractivity contribution in [3.05, 3.63) is 11.8 Å². The third-order valence-corrected chi connectivity index (χ3v) is 1.11. The molecular weight excluding hydrogens is 116 g/mol. The monoisotopic (exact) mass is 126 g/mol. The number of hydrogen-bond donors (Lipinski definition) is 2. The molecule has 0 aromatic rings. The van der Waals surface area contributed by atoms with Crippen LogP contribution in [0.3, 0.4) is 0 Å². The SMILES string of the molecule is CCC1=CC(N)(N)N=N1. The fraction of sp³-hybridized carbons (Fsp3) is 0.600. The molecule has 0 aromatic heterocycles. The van der Waals surface area contributed by atoms with Crippen LogP contribution in [0, 0.1) is 0 Å². The van der Waals surface area contributed by atoms with E-state index in [4.69, 9.17) is 11.5 Å². The average molecular weight is 126 g/mol. The lowest BCUT2D eigenvalue weighted by Crippen LogP contribution is -2.43. The first-order valence-electron chi connectivity index (χ1n) is 2.86. The second-order valence-electron chi connectivity index (χ2n) is 2.08. The minimum atomic E-state index is -1.04. The molecule has 1 aliphatic heterocycles. The van der Waals surface area contributed by atoms with Crippen molar-refractivity contribution in [1.29, 1.82) is 0 Å². The van der Waals surface area contributed by atoms with Crippen molar-refractivity contribution < 1.29 is 0 Å². The molecule has 4 heteroatoms. The maximum Gasteiger partial charge on any atom is 0.201 e. The van der Waals surface area contributed by atoms with Crippen LogP contribution in [0.25, 0.3) is 0 Å². The van der Waals surface area contributed by atoms with Gasteiger partial charge < -0.3 is 0 Å². The van der Waals surface area contributed by atoms with E-state index in [-0.39, 0.29) is 0 Å². The van der Waals surface area contributed by atoms with Gasteiger partial charge in [0.25, 0.3) is 0 Å². The maximum atomic E-state index is 5.38. The van der Waals surface area contributed by atoms with Crippen LogP contribution in [0.4, 0.5) is 0 Å². The van der Waals surface area contributed by atoms with Gasteiger partial charge in [0.15, 0.2) is 0 Å². The summed E-state index contributed by atoms with van der Waals surface area (Å²) in [6, 6.07) is 0. The highest BCUT2D eigenvalue weighted by Crippen LogP contribution is 2.15. The van der Waals surface area contributed by atoms with Crippen molar-refractivity contribution in [2.24, 2.45) is 21.7 Å². The van der Waals surface area contributed by atoms with Gasteiger partial charge in [0.05, 0.1) is 5.70 Å². The van der Waals surface area contributed by atoms with Gasteiger partial charge in [-0.05, 0) is 12.5 Å². The molecule has 4 N–H and O–H groups in total. The molecule has 0 saturated carbocycles. The summed E-state index contributed by atoms with van der Waals surface area (Å²) in [4.78, 5) is 0. The lowest BCUT2D eigenvalue weighted by Gasteiger charge is -2.05. The van der Waals surface area contributed by atoms with Crippen molar-refractivity contribution in [2.45, 2.75) is 19.1 Å². The van der Waals surface area contributed by atoms with Crippen LogP contribution in [0.5, 0.6) is 0 Å². The summed E-state index contributed by atoms with van der Waals surface area (Å²) in [5, 5.41) is 7.35. The third-order valence-electron chi connectivity index (χ3n) is 1.11. The summed E-state index contributed by atoms with van der Waals surface area (Å²) >= 11 is 0. The van der Waals surface area contributed by atoms with Crippen molar-refractivity contribution >= 4 is 0 Å².